The van der Waals surface area contributed by atoms with Crippen molar-refractivity contribution in [3.05, 3.63) is 107 Å². The van der Waals surface area contributed by atoms with E-state index in [1.54, 1.807) is 0 Å². The Morgan fingerprint density at radius 3 is 1.31 bits per heavy atom. The normalized spacial score (nSPS) is 10.6. The number of rotatable bonds is 10. The predicted octanol–water partition coefficient (Wildman–Crippen LogP) is 5.48. The molecule has 4 nitrogen and oxygen atoms in total. The third-order valence-corrected chi connectivity index (χ3v) is 5.32. The minimum atomic E-state index is 0.260. The summed E-state index contributed by atoms with van der Waals surface area (Å²) in [5, 5.41) is 1.72. The van der Waals surface area contributed by atoms with Gasteiger partial charge in [0, 0.05) is 34.7 Å². The van der Waals surface area contributed by atoms with Gasteiger partial charge in [0.25, 0.3) is 0 Å². The molecule has 4 aromatic carbocycles. The molecular weight excluding hydrogens is 400 g/mol. The van der Waals surface area contributed by atoms with Crippen LogP contribution in [0.4, 0.5) is 0 Å². The molecule has 4 heteroatoms. The molecule has 0 aliphatic rings. The molecule has 32 heavy (non-hydrogen) atoms. The largest absolute Gasteiger partial charge is 0.488 e. The summed E-state index contributed by atoms with van der Waals surface area (Å²) in [6.45, 7) is 0.782. The lowest BCUT2D eigenvalue weighted by atomic mass is 9.99. The summed E-state index contributed by atoms with van der Waals surface area (Å²) in [6, 6.07) is 27.5. The molecule has 0 bridgehead atoms. The second-order valence-electron chi connectivity index (χ2n) is 7.49. The average Bonchev–Trinajstić information content (AvgIpc) is 2.84. The molecule has 0 spiro atoms. The number of ether oxygens (including phenoxy) is 2. The molecule has 0 atom stereocenters. The Balaban J connectivity index is 1.75. The molecule has 160 valence electrons. The lowest BCUT2D eigenvalue weighted by Gasteiger charge is -2.18. The summed E-state index contributed by atoms with van der Waals surface area (Å²) in [7, 11) is 0. The smallest absolute Gasteiger partial charge is 0.131 e. The van der Waals surface area contributed by atoms with Crippen molar-refractivity contribution in [1.29, 1.82) is 0 Å². The van der Waals surface area contributed by atoms with Crippen LogP contribution in [0, 0.1) is 0 Å². The van der Waals surface area contributed by atoms with Gasteiger partial charge in [-0.15, -0.1) is 0 Å². The van der Waals surface area contributed by atoms with Crippen LogP contribution in [-0.4, -0.2) is 12.6 Å². The van der Waals surface area contributed by atoms with E-state index in [4.69, 9.17) is 9.47 Å². The Kier molecular flexibility index (Phi) is 6.93. The van der Waals surface area contributed by atoms with Crippen molar-refractivity contribution in [3.8, 4) is 11.5 Å². The first-order valence-electron chi connectivity index (χ1n) is 10.6. The maximum atomic E-state index is 11.3. The zero-order valence-electron chi connectivity index (χ0n) is 17.7. The van der Waals surface area contributed by atoms with E-state index in [1.807, 2.05) is 84.9 Å². The predicted molar refractivity (Wildman–Crippen MR) is 125 cm³/mol. The van der Waals surface area contributed by atoms with Gasteiger partial charge in [-0.2, -0.15) is 0 Å². The Hall–Kier alpha value is -3.92. The summed E-state index contributed by atoms with van der Waals surface area (Å²) >= 11 is 0. The fourth-order valence-electron chi connectivity index (χ4n) is 3.74. The molecule has 0 saturated heterocycles. The molecule has 0 aliphatic heterocycles. The van der Waals surface area contributed by atoms with Gasteiger partial charge in [-0.1, -0.05) is 84.9 Å². The molecule has 0 N–H and O–H groups in total. The second-order valence-corrected chi connectivity index (χ2v) is 7.49. The van der Waals surface area contributed by atoms with Crippen LogP contribution in [0.3, 0.4) is 0 Å². The minimum absolute atomic E-state index is 0.260. The van der Waals surface area contributed by atoms with Crippen molar-refractivity contribution < 1.29 is 19.1 Å². The molecule has 0 amide bonds. The van der Waals surface area contributed by atoms with Crippen LogP contribution in [0.5, 0.6) is 11.5 Å². The number of carbonyl (C=O) groups excluding carboxylic acids is 2. The van der Waals surface area contributed by atoms with E-state index in [0.29, 0.717) is 24.7 Å². The van der Waals surface area contributed by atoms with Crippen LogP contribution in [-0.2, 0) is 35.6 Å². The van der Waals surface area contributed by atoms with E-state index in [1.165, 1.54) is 0 Å². The summed E-state index contributed by atoms with van der Waals surface area (Å²) < 4.78 is 12.4. The number of benzene rings is 4. The molecular formula is C28H24O4. The maximum absolute atomic E-state index is 11.3. The third-order valence-electron chi connectivity index (χ3n) is 5.32. The van der Waals surface area contributed by atoms with Gasteiger partial charge >= 0.3 is 0 Å². The zero-order valence-corrected chi connectivity index (χ0v) is 17.7. The van der Waals surface area contributed by atoms with Crippen LogP contribution in [0.2, 0.25) is 0 Å². The quantitative estimate of drug-likeness (QED) is 0.316. The van der Waals surface area contributed by atoms with Crippen molar-refractivity contribution in [2.45, 2.75) is 26.1 Å². The van der Waals surface area contributed by atoms with Gasteiger partial charge in [0.15, 0.2) is 0 Å². The monoisotopic (exact) mass is 424 g/mol. The first-order valence-corrected chi connectivity index (χ1v) is 10.6. The van der Waals surface area contributed by atoms with Crippen LogP contribution in [0.15, 0.2) is 84.9 Å². The molecule has 0 unspecified atom stereocenters. The highest BCUT2D eigenvalue weighted by Crippen LogP contribution is 2.38. The summed E-state index contributed by atoms with van der Waals surface area (Å²) in [5.41, 5.74) is 3.72. The lowest BCUT2D eigenvalue weighted by Crippen LogP contribution is -2.03. The van der Waals surface area contributed by atoms with E-state index < -0.39 is 0 Å². The number of fused-ring (bicyclic) bond motifs is 1. The van der Waals surface area contributed by atoms with E-state index in [9.17, 15) is 9.59 Å². The van der Waals surface area contributed by atoms with Crippen LogP contribution in [0.25, 0.3) is 10.8 Å². The van der Waals surface area contributed by atoms with Crippen molar-refractivity contribution in [2.24, 2.45) is 0 Å². The van der Waals surface area contributed by atoms with Gasteiger partial charge in [-0.25, -0.2) is 0 Å². The van der Waals surface area contributed by atoms with E-state index in [2.05, 4.69) is 0 Å². The Labute approximate surface area is 187 Å². The number of hydrogen-bond donors (Lipinski definition) is 0. The first kappa shape index (κ1) is 21.3. The second kappa shape index (κ2) is 10.4. The van der Waals surface area contributed by atoms with Crippen molar-refractivity contribution in [3.63, 3.8) is 0 Å². The van der Waals surface area contributed by atoms with Crippen LogP contribution in [0.1, 0.15) is 22.3 Å². The number of aldehydes is 2. The van der Waals surface area contributed by atoms with E-state index >= 15 is 0 Å². The van der Waals surface area contributed by atoms with Crippen molar-refractivity contribution in [1.82, 2.24) is 0 Å². The molecule has 0 saturated carbocycles. The highest BCUT2D eigenvalue weighted by Gasteiger charge is 2.16. The minimum Gasteiger partial charge on any atom is -0.488 e. The van der Waals surface area contributed by atoms with E-state index in [0.717, 1.165) is 45.6 Å². The topological polar surface area (TPSA) is 52.6 Å². The molecule has 0 fully saturated rings. The Morgan fingerprint density at radius 2 is 0.938 bits per heavy atom. The highest BCUT2D eigenvalue weighted by atomic mass is 16.5. The molecule has 0 aromatic heterocycles. The fraction of sp³-hybridized carbons (Fsp3) is 0.143. The van der Waals surface area contributed by atoms with Gasteiger partial charge in [-0.3, -0.25) is 0 Å². The number of hydrogen-bond acceptors (Lipinski definition) is 4. The van der Waals surface area contributed by atoms with E-state index in [-0.39, 0.29) is 12.8 Å². The zero-order chi connectivity index (χ0) is 22.2. The first-order chi connectivity index (χ1) is 15.8. The lowest BCUT2D eigenvalue weighted by molar-refractivity contribution is -0.108. The van der Waals surface area contributed by atoms with Crippen molar-refractivity contribution >= 4 is 23.3 Å². The maximum Gasteiger partial charge on any atom is 0.131 e. The fourth-order valence-corrected chi connectivity index (χ4v) is 3.74. The molecule has 4 rings (SSSR count). The Morgan fingerprint density at radius 1 is 0.531 bits per heavy atom. The third kappa shape index (κ3) is 4.86. The standard InChI is InChI=1S/C28H24O4/c29-17-15-23-11-14-26-25(27(23)31-19-21-7-3-1-4-8-21)13-12-24(16-18-30)28(26)32-20-22-9-5-2-6-10-22/h1-14,17-18H,15-16,19-20H2. The summed E-state index contributed by atoms with van der Waals surface area (Å²) in [5.74, 6) is 1.33. The van der Waals surface area contributed by atoms with Gasteiger partial charge in [0.1, 0.15) is 37.3 Å². The molecule has 4 aromatic rings. The van der Waals surface area contributed by atoms with Gasteiger partial charge in [0.2, 0.25) is 0 Å². The number of carbonyl (C=O) groups is 2. The molecule has 0 aliphatic carbocycles. The summed E-state index contributed by atoms with van der Waals surface area (Å²) in [4.78, 5) is 22.6. The Bertz CT molecular complexity index is 1100. The van der Waals surface area contributed by atoms with Crippen molar-refractivity contribution in [2.75, 3.05) is 0 Å². The average molecular weight is 424 g/mol. The van der Waals surface area contributed by atoms with Gasteiger partial charge < -0.3 is 19.1 Å². The highest BCUT2D eigenvalue weighted by molar-refractivity contribution is 5.96. The van der Waals surface area contributed by atoms with Gasteiger partial charge in [-0.05, 0) is 11.1 Å². The van der Waals surface area contributed by atoms with Crippen LogP contribution >= 0.6 is 0 Å². The molecule has 0 heterocycles. The van der Waals surface area contributed by atoms with Crippen LogP contribution < -0.4 is 9.47 Å². The SMILES string of the molecule is O=CCc1ccc2c(OCc3ccccc3)c(CC=O)ccc2c1OCc1ccccc1. The summed E-state index contributed by atoms with van der Waals surface area (Å²) in [6.07, 6.45) is 2.28. The molecule has 0 radical (unpaired) electrons. The van der Waals surface area contributed by atoms with Gasteiger partial charge in [0.05, 0.1) is 0 Å².